The van der Waals surface area contributed by atoms with Gasteiger partial charge in [-0.1, -0.05) is 0 Å². The van der Waals surface area contributed by atoms with Gasteiger partial charge in [-0.2, -0.15) is 0 Å². The van der Waals surface area contributed by atoms with Crippen LogP contribution in [-0.2, 0) is 4.79 Å². The Morgan fingerprint density at radius 3 is 3.00 bits per heavy atom. The van der Waals surface area contributed by atoms with Gasteiger partial charge in [0.2, 0.25) is 6.41 Å². The summed E-state index contributed by atoms with van der Waals surface area (Å²) in [6.07, 6.45) is 5.46. The summed E-state index contributed by atoms with van der Waals surface area (Å²) in [4.78, 5) is 14.3. The first-order chi connectivity index (χ1) is 7.81. The standard InChI is InChI=1S/C12H10N2O2/c15-8-13-5-4-12-11-2-1-10(16)7-9(11)3-6-14-12/h1-8,16H,(H,13,15). The van der Waals surface area contributed by atoms with Gasteiger partial charge in [-0.25, -0.2) is 0 Å². The van der Waals surface area contributed by atoms with Crippen molar-refractivity contribution < 1.29 is 9.90 Å². The van der Waals surface area contributed by atoms with Gasteiger partial charge in [0.25, 0.3) is 0 Å². The van der Waals surface area contributed by atoms with Crippen LogP contribution in [-0.4, -0.2) is 16.5 Å². The molecule has 4 nitrogen and oxygen atoms in total. The molecule has 0 saturated carbocycles. The molecule has 0 aliphatic carbocycles. The molecular formula is C12H10N2O2. The van der Waals surface area contributed by atoms with E-state index in [1.54, 1.807) is 30.5 Å². The highest BCUT2D eigenvalue weighted by Gasteiger charge is 1.99. The van der Waals surface area contributed by atoms with Crippen molar-refractivity contribution in [1.29, 1.82) is 0 Å². The van der Waals surface area contributed by atoms with Crippen molar-refractivity contribution in [3.8, 4) is 5.75 Å². The van der Waals surface area contributed by atoms with E-state index >= 15 is 0 Å². The van der Waals surface area contributed by atoms with Crippen molar-refractivity contribution in [2.45, 2.75) is 0 Å². The Morgan fingerprint density at radius 2 is 2.19 bits per heavy atom. The fraction of sp³-hybridized carbons (Fsp3) is 0. The fourth-order valence-electron chi connectivity index (χ4n) is 1.49. The zero-order valence-corrected chi connectivity index (χ0v) is 8.42. The van der Waals surface area contributed by atoms with E-state index in [1.807, 2.05) is 6.07 Å². The molecule has 1 aromatic carbocycles. The van der Waals surface area contributed by atoms with Crippen LogP contribution in [0.25, 0.3) is 16.8 Å². The zero-order chi connectivity index (χ0) is 11.4. The Morgan fingerprint density at radius 1 is 1.31 bits per heavy atom. The molecule has 2 N–H and O–H groups in total. The minimum atomic E-state index is 0.222. The van der Waals surface area contributed by atoms with Crippen LogP contribution >= 0.6 is 0 Å². The second kappa shape index (κ2) is 4.44. The number of phenolic OH excluding ortho intramolecular Hbond substituents is 1. The van der Waals surface area contributed by atoms with E-state index in [2.05, 4.69) is 10.3 Å². The number of aromatic hydroxyl groups is 1. The predicted molar refractivity (Wildman–Crippen MR) is 61.6 cm³/mol. The van der Waals surface area contributed by atoms with E-state index < -0.39 is 0 Å². The largest absolute Gasteiger partial charge is 0.508 e. The molecule has 4 heteroatoms. The highest BCUT2D eigenvalue weighted by atomic mass is 16.3. The summed E-state index contributed by atoms with van der Waals surface area (Å²) in [5.74, 6) is 0.222. The van der Waals surface area contributed by atoms with Gasteiger partial charge in [-0.3, -0.25) is 9.78 Å². The number of nitrogens with zero attached hydrogens (tertiary/aromatic N) is 1. The lowest BCUT2D eigenvalue weighted by Gasteiger charge is -2.01. The van der Waals surface area contributed by atoms with E-state index in [9.17, 15) is 9.90 Å². The number of carbonyl (C=O) groups is 1. The Bertz CT molecular complexity index is 550. The third-order valence-electron chi connectivity index (χ3n) is 2.18. The van der Waals surface area contributed by atoms with Crippen molar-refractivity contribution in [3.63, 3.8) is 0 Å². The number of rotatable bonds is 3. The molecular weight excluding hydrogens is 204 g/mol. The summed E-state index contributed by atoms with van der Waals surface area (Å²) < 4.78 is 0. The van der Waals surface area contributed by atoms with Crippen LogP contribution < -0.4 is 5.32 Å². The average molecular weight is 214 g/mol. The lowest BCUT2D eigenvalue weighted by atomic mass is 10.1. The SMILES string of the molecule is O=CNC=Cc1nccc2cc(O)ccc12. The molecule has 0 atom stereocenters. The summed E-state index contributed by atoms with van der Waals surface area (Å²) in [6.45, 7) is 0. The molecule has 1 amide bonds. The topological polar surface area (TPSA) is 62.2 Å². The highest BCUT2D eigenvalue weighted by molar-refractivity contribution is 5.89. The Balaban J connectivity index is 2.49. The smallest absolute Gasteiger partial charge is 0.211 e. The third-order valence-corrected chi connectivity index (χ3v) is 2.18. The maximum Gasteiger partial charge on any atom is 0.211 e. The quantitative estimate of drug-likeness (QED) is 0.764. The molecule has 0 fully saturated rings. The second-order valence-electron chi connectivity index (χ2n) is 3.22. The van der Waals surface area contributed by atoms with Crippen molar-refractivity contribution in [2.24, 2.45) is 0 Å². The summed E-state index contributed by atoms with van der Waals surface area (Å²) in [6, 6.07) is 6.88. The number of pyridine rings is 1. The number of hydrogen-bond donors (Lipinski definition) is 2. The van der Waals surface area contributed by atoms with Gasteiger partial charge in [0.15, 0.2) is 0 Å². The summed E-state index contributed by atoms with van der Waals surface area (Å²) in [5, 5.41) is 13.6. The van der Waals surface area contributed by atoms with Gasteiger partial charge < -0.3 is 10.4 Å². The number of amides is 1. The van der Waals surface area contributed by atoms with E-state index in [0.29, 0.717) is 6.41 Å². The van der Waals surface area contributed by atoms with Crippen molar-refractivity contribution >= 4 is 23.3 Å². The molecule has 1 aromatic heterocycles. The molecule has 1 heterocycles. The molecule has 2 aromatic rings. The molecule has 0 spiro atoms. The molecule has 80 valence electrons. The average Bonchev–Trinajstić information content (AvgIpc) is 2.29. The molecule has 0 radical (unpaired) electrons. The lowest BCUT2D eigenvalue weighted by molar-refractivity contribution is -0.108. The van der Waals surface area contributed by atoms with Crippen molar-refractivity contribution in [2.75, 3.05) is 0 Å². The maximum absolute atomic E-state index is 10.1. The molecule has 0 aliphatic rings. The van der Waals surface area contributed by atoms with Crippen LogP contribution in [0.3, 0.4) is 0 Å². The third kappa shape index (κ3) is 2.00. The Kier molecular flexibility index (Phi) is 2.82. The maximum atomic E-state index is 10.1. The molecule has 0 bridgehead atoms. The van der Waals surface area contributed by atoms with Gasteiger partial charge >= 0.3 is 0 Å². The number of nitrogens with one attached hydrogen (secondary N) is 1. The van der Waals surface area contributed by atoms with Crippen molar-refractivity contribution in [3.05, 3.63) is 42.4 Å². The molecule has 16 heavy (non-hydrogen) atoms. The minimum absolute atomic E-state index is 0.222. The number of carbonyl (C=O) groups excluding carboxylic acids is 1. The molecule has 2 rings (SSSR count). The van der Waals surface area contributed by atoms with Crippen LogP contribution in [0.5, 0.6) is 5.75 Å². The minimum Gasteiger partial charge on any atom is -0.508 e. The fourth-order valence-corrected chi connectivity index (χ4v) is 1.49. The van der Waals surface area contributed by atoms with Crippen LogP contribution in [0.15, 0.2) is 36.7 Å². The Labute approximate surface area is 92.2 Å². The van der Waals surface area contributed by atoms with Crippen LogP contribution in [0.1, 0.15) is 5.69 Å². The van der Waals surface area contributed by atoms with E-state index in [4.69, 9.17) is 0 Å². The highest BCUT2D eigenvalue weighted by Crippen LogP contribution is 2.22. The van der Waals surface area contributed by atoms with Crippen LogP contribution in [0, 0.1) is 0 Å². The predicted octanol–water partition coefficient (Wildman–Crippen LogP) is 1.66. The molecule has 0 saturated heterocycles. The normalized spacial score (nSPS) is 10.8. The van der Waals surface area contributed by atoms with Gasteiger partial charge in [0.05, 0.1) is 5.69 Å². The Hall–Kier alpha value is -2.36. The zero-order valence-electron chi connectivity index (χ0n) is 8.42. The van der Waals surface area contributed by atoms with Crippen LogP contribution in [0.2, 0.25) is 0 Å². The van der Waals surface area contributed by atoms with Gasteiger partial charge in [-0.15, -0.1) is 0 Å². The molecule has 0 unspecified atom stereocenters. The van der Waals surface area contributed by atoms with E-state index in [0.717, 1.165) is 16.5 Å². The monoisotopic (exact) mass is 214 g/mol. The lowest BCUT2D eigenvalue weighted by Crippen LogP contribution is -1.98. The first-order valence-electron chi connectivity index (χ1n) is 4.75. The van der Waals surface area contributed by atoms with E-state index in [1.165, 1.54) is 6.20 Å². The number of benzene rings is 1. The van der Waals surface area contributed by atoms with Crippen LogP contribution in [0.4, 0.5) is 0 Å². The van der Waals surface area contributed by atoms with Crippen molar-refractivity contribution in [1.82, 2.24) is 10.3 Å². The first-order valence-corrected chi connectivity index (χ1v) is 4.75. The molecule has 0 aliphatic heterocycles. The number of phenols is 1. The van der Waals surface area contributed by atoms with E-state index in [-0.39, 0.29) is 5.75 Å². The number of aromatic nitrogens is 1. The van der Waals surface area contributed by atoms with Gasteiger partial charge in [0.1, 0.15) is 5.75 Å². The summed E-state index contributed by atoms with van der Waals surface area (Å²) in [5.41, 5.74) is 0.742. The number of fused-ring (bicyclic) bond motifs is 1. The van der Waals surface area contributed by atoms with Gasteiger partial charge in [0, 0.05) is 17.8 Å². The summed E-state index contributed by atoms with van der Waals surface area (Å²) in [7, 11) is 0. The second-order valence-corrected chi connectivity index (χ2v) is 3.22. The first kappa shape index (κ1) is 10.2. The van der Waals surface area contributed by atoms with Gasteiger partial charge in [-0.05, 0) is 35.7 Å². The summed E-state index contributed by atoms with van der Waals surface area (Å²) >= 11 is 0. The number of hydrogen-bond acceptors (Lipinski definition) is 3.